The SMILES string of the molecule is Cc1cc2c(cc1C)N(C1(N3[CH-]N(c4[c-]ccc(C(C)(C)C)c4)c4cc(C)c(C)cc43)c3ccccc3-c3ccccc31)[CH-]N2c1[c-]ccc(C(C)(C)C)c1.[Pt+4]. The van der Waals surface area contributed by atoms with Crippen molar-refractivity contribution in [1.82, 2.24) is 0 Å². The van der Waals surface area contributed by atoms with Crippen molar-refractivity contribution in [2.45, 2.75) is 85.7 Å². The zero-order valence-corrected chi connectivity index (χ0v) is 36.4. The van der Waals surface area contributed by atoms with Gasteiger partial charge in [-0.1, -0.05) is 90.1 Å². The van der Waals surface area contributed by atoms with Crippen molar-refractivity contribution >= 4 is 34.1 Å². The summed E-state index contributed by atoms with van der Waals surface area (Å²) in [4.78, 5) is 9.81. The molecular weight excluding hydrogens is 864 g/mol. The van der Waals surface area contributed by atoms with Crippen LogP contribution in [-0.4, -0.2) is 0 Å². The normalized spacial score (nSPS) is 15.4. The largest absolute Gasteiger partial charge is 4.00 e. The Bertz CT molecular complexity index is 2330. The number of nitrogens with zero attached hydrogens (tertiary/aromatic N) is 4. The van der Waals surface area contributed by atoms with Crippen LogP contribution >= 0.6 is 0 Å². The molecule has 9 rings (SSSR count). The first-order valence-corrected chi connectivity index (χ1v) is 19.5. The van der Waals surface area contributed by atoms with Gasteiger partial charge in [0.1, 0.15) is 5.66 Å². The van der Waals surface area contributed by atoms with E-state index in [1.807, 2.05) is 0 Å². The Hall–Kier alpha value is -4.79. The molecule has 0 saturated carbocycles. The Labute approximate surface area is 349 Å². The molecule has 3 aliphatic rings. The summed E-state index contributed by atoms with van der Waals surface area (Å²) >= 11 is 0. The van der Waals surface area contributed by atoms with E-state index in [2.05, 4.69) is 224 Å². The molecule has 0 radical (unpaired) electrons. The summed E-state index contributed by atoms with van der Waals surface area (Å²) in [5.41, 5.74) is 18.4. The van der Waals surface area contributed by atoms with Gasteiger partial charge in [0, 0.05) is 33.9 Å². The number of rotatable bonds is 4. The molecule has 0 aromatic heterocycles. The van der Waals surface area contributed by atoms with Crippen LogP contribution in [0.25, 0.3) is 11.1 Å². The zero-order chi connectivity index (χ0) is 38.6. The van der Waals surface area contributed by atoms with Crippen LogP contribution in [0.15, 0.2) is 109 Å². The van der Waals surface area contributed by atoms with E-state index in [-0.39, 0.29) is 31.9 Å². The van der Waals surface area contributed by atoms with E-state index in [1.54, 1.807) is 0 Å². The Kier molecular flexibility index (Phi) is 9.13. The van der Waals surface area contributed by atoms with Crippen LogP contribution in [0.4, 0.5) is 34.1 Å². The summed E-state index contributed by atoms with van der Waals surface area (Å²) in [5.74, 6) is 0. The number of aryl methyl sites for hydroxylation is 4. The van der Waals surface area contributed by atoms with E-state index in [0.29, 0.717) is 0 Å². The molecule has 1 aliphatic carbocycles. The maximum absolute atomic E-state index is 3.64. The second kappa shape index (κ2) is 13.4. The molecule has 0 N–H and O–H groups in total. The van der Waals surface area contributed by atoms with E-state index in [4.69, 9.17) is 0 Å². The summed E-state index contributed by atoms with van der Waals surface area (Å²) < 4.78 is 0. The second-order valence-electron chi connectivity index (χ2n) is 17.7. The van der Waals surface area contributed by atoms with Gasteiger partial charge in [0.15, 0.2) is 0 Å². The number of hydrogen-bond donors (Lipinski definition) is 0. The van der Waals surface area contributed by atoms with E-state index in [0.717, 1.165) is 34.1 Å². The fourth-order valence-electron chi connectivity index (χ4n) is 8.67. The minimum atomic E-state index is -0.799. The van der Waals surface area contributed by atoms with Crippen molar-refractivity contribution in [3.8, 4) is 11.1 Å². The van der Waals surface area contributed by atoms with Crippen LogP contribution in [0.2, 0.25) is 0 Å². The van der Waals surface area contributed by atoms with Gasteiger partial charge in [-0.15, -0.1) is 36.8 Å². The van der Waals surface area contributed by atoms with Crippen LogP contribution in [0.3, 0.4) is 0 Å². The van der Waals surface area contributed by atoms with E-state index in [1.165, 1.54) is 55.6 Å². The van der Waals surface area contributed by atoms with Crippen molar-refractivity contribution in [3.05, 3.63) is 179 Å². The topological polar surface area (TPSA) is 13.0 Å². The fourth-order valence-corrected chi connectivity index (χ4v) is 8.67. The molecule has 6 aromatic rings. The third kappa shape index (κ3) is 5.74. The predicted octanol–water partition coefficient (Wildman–Crippen LogP) is 12.8. The Morgan fingerprint density at radius 2 is 0.839 bits per heavy atom. The number of anilines is 6. The summed E-state index contributed by atoms with van der Waals surface area (Å²) in [7, 11) is 0. The molecule has 0 amide bonds. The summed E-state index contributed by atoms with van der Waals surface area (Å²) in [6.07, 6.45) is 0. The summed E-state index contributed by atoms with van der Waals surface area (Å²) in [6, 6.07) is 47.9. The van der Waals surface area contributed by atoms with Gasteiger partial charge in [0.2, 0.25) is 0 Å². The average molecular weight is 914 g/mol. The molecule has 2 aliphatic heterocycles. The molecule has 4 nitrogen and oxygen atoms in total. The molecule has 0 saturated heterocycles. The molecule has 0 unspecified atom stereocenters. The van der Waals surface area contributed by atoms with Crippen molar-refractivity contribution in [2.75, 3.05) is 19.6 Å². The molecule has 6 aromatic carbocycles. The first-order valence-electron chi connectivity index (χ1n) is 19.5. The first kappa shape index (κ1) is 38.1. The molecule has 5 heteroatoms. The molecule has 56 heavy (non-hydrogen) atoms. The van der Waals surface area contributed by atoms with Gasteiger partial charge in [0.05, 0.1) is 0 Å². The van der Waals surface area contributed by atoms with Crippen molar-refractivity contribution in [1.29, 1.82) is 0 Å². The molecule has 0 atom stereocenters. The van der Waals surface area contributed by atoms with Crippen molar-refractivity contribution < 1.29 is 21.1 Å². The van der Waals surface area contributed by atoms with E-state index >= 15 is 0 Å². The van der Waals surface area contributed by atoms with E-state index in [9.17, 15) is 0 Å². The molecule has 2 heterocycles. The maximum Gasteiger partial charge on any atom is 4.00 e. The second-order valence-corrected chi connectivity index (χ2v) is 17.7. The van der Waals surface area contributed by atoms with Crippen LogP contribution < -0.4 is 19.6 Å². The number of fused-ring (bicyclic) bond motifs is 5. The summed E-state index contributed by atoms with van der Waals surface area (Å²) in [5, 5.41) is 0. The van der Waals surface area contributed by atoms with Crippen LogP contribution in [-0.2, 0) is 37.6 Å². The van der Waals surface area contributed by atoms with Crippen molar-refractivity contribution in [3.63, 3.8) is 0 Å². The molecule has 284 valence electrons. The van der Waals surface area contributed by atoms with Gasteiger partial charge in [-0.25, -0.2) is 0 Å². The third-order valence-electron chi connectivity index (χ3n) is 12.1. The molecule has 0 fully saturated rings. The standard InChI is InChI=1S/C51H50N4.Pt/c1-33-25-45-47(27-35(33)3)54(31-52(45)39-19-15-17-37(29-39)49(5,6)7)51(43-23-13-11-21-41(43)42-22-12-14-24-44(42)51)55-32-53(46-26-34(2)36(4)28-48(46)55)40-20-16-18-38(30-40)50(8,9)10;/h11-18,21-32H,1-10H3;/q-4;+4. The minimum absolute atomic E-state index is 0. The average Bonchev–Trinajstić information content (AvgIpc) is 3.80. The monoisotopic (exact) mass is 913 g/mol. The zero-order valence-electron chi connectivity index (χ0n) is 34.2. The maximum atomic E-state index is 3.64. The Morgan fingerprint density at radius 1 is 0.482 bits per heavy atom. The van der Waals surface area contributed by atoms with Gasteiger partial charge in [0.25, 0.3) is 0 Å². The molecule has 0 bridgehead atoms. The fraction of sp³-hybridized carbons (Fsp3) is 0.255. The van der Waals surface area contributed by atoms with Gasteiger partial charge < -0.3 is 19.6 Å². The Balaban J connectivity index is 0.00000441. The van der Waals surface area contributed by atoms with Crippen LogP contribution in [0.5, 0.6) is 0 Å². The van der Waals surface area contributed by atoms with Crippen molar-refractivity contribution in [2.24, 2.45) is 0 Å². The van der Waals surface area contributed by atoms with Gasteiger partial charge in [-0.2, -0.15) is 47.5 Å². The van der Waals surface area contributed by atoms with Gasteiger partial charge >= 0.3 is 21.1 Å². The van der Waals surface area contributed by atoms with Crippen LogP contribution in [0.1, 0.15) is 86.1 Å². The quantitative estimate of drug-likeness (QED) is 0.163. The first-order chi connectivity index (χ1) is 26.2. The third-order valence-corrected chi connectivity index (χ3v) is 12.1. The Morgan fingerprint density at radius 3 is 1.21 bits per heavy atom. The number of hydrogen-bond acceptors (Lipinski definition) is 4. The number of benzene rings is 6. The smallest absolute Gasteiger partial charge is 0.494 e. The van der Waals surface area contributed by atoms with Gasteiger partial charge in [-0.3, -0.25) is 0 Å². The molecule has 0 spiro atoms. The molecular formula is C51H50N4Pt. The predicted molar refractivity (Wildman–Crippen MR) is 230 cm³/mol. The van der Waals surface area contributed by atoms with E-state index < -0.39 is 5.66 Å². The van der Waals surface area contributed by atoms with Gasteiger partial charge in [-0.05, 0) is 96.2 Å². The minimum Gasteiger partial charge on any atom is -0.494 e. The van der Waals surface area contributed by atoms with Crippen LogP contribution in [0, 0.1) is 53.2 Å². The summed E-state index contributed by atoms with van der Waals surface area (Å²) in [6.45, 7) is 27.2.